The Morgan fingerprint density at radius 3 is 2.21 bits per heavy atom. The molecule has 2 N–H and O–H groups in total. The van der Waals surface area contributed by atoms with Gasteiger partial charge in [-0.15, -0.1) is 13.2 Å². The van der Waals surface area contributed by atoms with Crippen LogP contribution in [0.2, 0.25) is 0 Å². The van der Waals surface area contributed by atoms with E-state index in [1.165, 1.54) is 29.2 Å². The third-order valence-electron chi connectivity index (χ3n) is 4.97. The minimum absolute atomic E-state index is 0.176. The van der Waals surface area contributed by atoms with Gasteiger partial charge in [0.15, 0.2) is 6.04 Å². The number of hydrogen-bond donors (Lipinski definition) is 2. The van der Waals surface area contributed by atoms with Gasteiger partial charge in [0.05, 0.1) is 13.2 Å². The number of anilines is 1. The Morgan fingerprint density at radius 1 is 1.10 bits per heavy atom. The maximum atomic E-state index is 12.7. The second-order valence-electron chi connectivity index (χ2n) is 7.16. The van der Waals surface area contributed by atoms with Crippen LogP contribution in [0.3, 0.4) is 0 Å². The molecule has 2 aromatic rings. The summed E-state index contributed by atoms with van der Waals surface area (Å²) < 4.78 is 45.8. The molecule has 0 radical (unpaired) electrons. The molecule has 0 spiro atoms. The summed E-state index contributed by atoms with van der Waals surface area (Å²) in [7, 11) is 1.62. The number of carbonyl (C=O) groups is 1. The van der Waals surface area contributed by atoms with Crippen LogP contribution >= 0.6 is 0 Å². The van der Waals surface area contributed by atoms with Crippen molar-refractivity contribution in [2.24, 2.45) is 0 Å². The van der Waals surface area contributed by atoms with Crippen molar-refractivity contribution in [1.82, 2.24) is 0 Å². The smallest absolute Gasteiger partial charge is 0.497 e. The number of rotatable bonds is 8. The molecule has 0 aliphatic heterocycles. The first-order valence-corrected chi connectivity index (χ1v) is 9.40. The third kappa shape index (κ3) is 6.12. The van der Waals surface area contributed by atoms with Crippen LogP contribution < -0.4 is 19.7 Å². The third-order valence-corrected chi connectivity index (χ3v) is 4.97. The number of methoxy groups -OCH3 is 1. The van der Waals surface area contributed by atoms with Crippen LogP contribution in [0.4, 0.5) is 18.9 Å². The SMILES string of the molecule is COc1ccc(C[NH+](C2CC2)[C@@H](C)C(=O)Nc2ccc(OC(F)(F)F)cc2)cc1. The zero-order valence-corrected chi connectivity index (χ0v) is 16.3. The van der Waals surface area contributed by atoms with Crippen molar-refractivity contribution in [3.8, 4) is 11.5 Å². The van der Waals surface area contributed by atoms with Crippen molar-refractivity contribution in [2.75, 3.05) is 12.4 Å². The van der Waals surface area contributed by atoms with Crippen LogP contribution in [-0.4, -0.2) is 31.5 Å². The van der Waals surface area contributed by atoms with Gasteiger partial charge < -0.3 is 19.7 Å². The van der Waals surface area contributed by atoms with Gasteiger partial charge in [-0.05, 0) is 55.5 Å². The van der Waals surface area contributed by atoms with Crippen molar-refractivity contribution in [3.63, 3.8) is 0 Å². The number of nitrogens with one attached hydrogen (secondary N) is 2. The first kappa shape index (κ1) is 21.0. The molecule has 5 nitrogen and oxygen atoms in total. The van der Waals surface area contributed by atoms with Gasteiger partial charge in [0.1, 0.15) is 18.0 Å². The van der Waals surface area contributed by atoms with E-state index in [0.29, 0.717) is 18.3 Å². The highest BCUT2D eigenvalue weighted by Gasteiger charge is 2.39. The Morgan fingerprint density at radius 2 is 1.69 bits per heavy atom. The molecule has 0 bridgehead atoms. The van der Waals surface area contributed by atoms with Gasteiger partial charge in [0.2, 0.25) is 0 Å². The van der Waals surface area contributed by atoms with Gasteiger partial charge in [0, 0.05) is 24.1 Å². The number of quaternary nitrogens is 1. The summed E-state index contributed by atoms with van der Waals surface area (Å²) in [5.41, 5.74) is 1.54. The van der Waals surface area contributed by atoms with E-state index in [1.807, 2.05) is 31.2 Å². The zero-order valence-electron chi connectivity index (χ0n) is 16.3. The van der Waals surface area contributed by atoms with Crippen molar-refractivity contribution >= 4 is 11.6 Å². The molecule has 1 fully saturated rings. The van der Waals surface area contributed by atoms with Gasteiger partial charge in [-0.25, -0.2) is 0 Å². The number of halogens is 3. The van der Waals surface area contributed by atoms with Crippen LogP contribution in [0, 0.1) is 0 Å². The number of amides is 1. The molecule has 1 amide bonds. The highest BCUT2D eigenvalue weighted by atomic mass is 19.4. The molecule has 0 heterocycles. The molecule has 1 unspecified atom stereocenters. The average molecular weight is 409 g/mol. The summed E-state index contributed by atoms with van der Waals surface area (Å²) in [6.45, 7) is 2.58. The largest absolute Gasteiger partial charge is 0.573 e. The zero-order chi connectivity index (χ0) is 21.0. The summed E-state index contributed by atoms with van der Waals surface area (Å²) in [6, 6.07) is 13.0. The lowest BCUT2D eigenvalue weighted by Gasteiger charge is -2.25. The molecule has 1 saturated carbocycles. The van der Waals surface area contributed by atoms with Gasteiger partial charge in [-0.3, -0.25) is 4.79 Å². The number of ether oxygens (including phenoxy) is 2. The van der Waals surface area contributed by atoms with E-state index in [9.17, 15) is 18.0 Å². The molecule has 2 atom stereocenters. The Kier molecular flexibility index (Phi) is 6.32. The lowest BCUT2D eigenvalue weighted by Crippen LogP contribution is -3.16. The van der Waals surface area contributed by atoms with Crippen LogP contribution in [0.1, 0.15) is 25.3 Å². The fourth-order valence-corrected chi connectivity index (χ4v) is 3.24. The Balaban J connectivity index is 1.62. The van der Waals surface area contributed by atoms with E-state index in [1.54, 1.807) is 7.11 Å². The van der Waals surface area contributed by atoms with E-state index in [-0.39, 0.29) is 17.7 Å². The predicted octanol–water partition coefficient (Wildman–Crippen LogP) is 3.17. The standard InChI is InChI=1S/C21H23F3N2O3/c1-14(20(27)25-16-5-11-19(12-6-16)29-21(22,23)24)26(17-7-8-17)13-15-3-9-18(28-2)10-4-15/h3-6,9-12,14,17H,7-8,13H2,1-2H3,(H,25,27)/p+1/t14-/m0/s1. The predicted molar refractivity (Wildman–Crippen MR) is 102 cm³/mol. The second kappa shape index (κ2) is 8.73. The monoisotopic (exact) mass is 409 g/mol. The van der Waals surface area contributed by atoms with Crippen LogP contribution in [0.15, 0.2) is 48.5 Å². The summed E-state index contributed by atoms with van der Waals surface area (Å²) >= 11 is 0. The maximum Gasteiger partial charge on any atom is 0.573 e. The molecular formula is C21H24F3N2O3+. The second-order valence-corrected chi connectivity index (χ2v) is 7.16. The molecule has 0 saturated heterocycles. The molecule has 0 aromatic heterocycles. The van der Waals surface area contributed by atoms with E-state index in [4.69, 9.17) is 4.74 Å². The normalized spacial score (nSPS) is 16.0. The molecule has 2 aromatic carbocycles. The first-order chi connectivity index (χ1) is 13.7. The fourth-order valence-electron chi connectivity index (χ4n) is 3.24. The van der Waals surface area contributed by atoms with E-state index >= 15 is 0 Å². The summed E-state index contributed by atoms with van der Waals surface area (Å²) in [5.74, 6) is 0.281. The molecule has 156 valence electrons. The summed E-state index contributed by atoms with van der Waals surface area (Å²) in [6.07, 6.45) is -2.59. The first-order valence-electron chi connectivity index (χ1n) is 9.40. The fraction of sp³-hybridized carbons (Fsp3) is 0.381. The number of carbonyl (C=O) groups excluding carboxylic acids is 1. The molecule has 1 aliphatic carbocycles. The van der Waals surface area contributed by atoms with Crippen LogP contribution in [-0.2, 0) is 11.3 Å². The maximum absolute atomic E-state index is 12.7. The molecular weight excluding hydrogens is 385 g/mol. The van der Waals surface area contributed by atoms with Gasteiger partial charge >= 0.3 is 6.36 Å². The minimum Gasteiger partial charge on any atom is -0.497 e. The highest BCUT2D eigenvalue weighted by Crippen LogP contribution is 2.24. The summed E-state index contributed by atoms with van der Waals surface area (Å²) in [5, 5.41) is 2.78. The van der Waals surface area contributed by atoms with Crippen molar-refractivity contribution < 1.29 is 32.3 Å². The lowest BCUT2D eigenvalue weighted by atomic mass is 10.1. The number of alkyl halides is 3. The minimum atomic E-state index is -4.74. The van der Waals surface area contributed by atoms with Crippen molar-refractivity contribution in [3.05, 3.63) is 54.1 Å². The van der Waals surface area contributed by atoms with Crippen molar-refractivity contribution in [1.29, 1.82) is 0 Å². The van der Waals surface area contributed by atoms with Gasteiger partial charge in [-0.2, -0.15) is 0 Å². The molecule has 3 rings (SSSR count). The number of hydrogen-bond acceptors (Lipinski definition) is 3. The molecule has 29 heavy (non-hydrogen) atoms. The summed E-state index contributed by atoms with van der Waals surface area (Å²) in [4.78, 5) is 13.9. The van der Waals surface area contributed by atoms with Crippen LogP contribution in [0.25, 0.3) is 0 Å². The van der Waals surface area contributed by atoms with Crippen molar-refractivity contribution in [2.45, 2.75) is 44.8 Å². The Bertz CT molecular complexity index is 819. The lowest BCUT2D eigenvalue weighted by molar-refractivity contribution is -0.938. The quantitative estimate of drug-likeness (QED) is 0.704. The molecule has 8 heteroatoms. The van der Waals surface area contributed by atoms with E-state index in [0.717, 1.165) is 24.2 Å². The highest BCUT2D eigenvalue weighted by molar-refractivity contribution is 5.93. The molecule has 1 aliphatic rings. The van der Waals surface area contributed by atoms with Gasteiger partial charge in [0.25, 0.3) is 5.91 Å². The Hall–Kier alpha value is -2.74. The van der Waals surface area contributed by atoms with Crippen LogP contribution in [0.5, 0.6) is 11.5 Å². The Labute approximate surface area is 167 Å². The number of benzene rings is 2. The topological polar surface area (TPSA) is 52.0 Å². The van der Waals surface area contributed by atoms with E-state index in [2.05, 4.69) is 10.1 Å². The van der Waals surface area contributed by atoms with Gasteiger partial charge in [-0.1, -0.05) is 0 Å². The average Bonchev–Trinajstić information content (AvgIpc) is 3.51. The van der Waals surface area contributed by atoms with E-state index < -0.39 is 6.36 Å².